The number of nitrogens with zero attached hydrogens (tertiary/aromatic N) is 1. The van der Waals surface area contributed by atoms with Crippen LogP contribution in [0.1, 0.15) is 49.5 Å². The third-order valence-corrected chi connectivity index (χ3v) is 6.74. The summed E-state index contributed by atoms with van der Waals surface area (Å²) >= 11 is 6.02. The van der Waals surface area contributed by atoms with Gasteiger partial charge in [0.1, 0.15) is 0 Å². The number of methoxy groups -OCH3 is 2. The number of fused-ring (bicyclic) bond motifs is 1. The topological polar surface area (TPSA) is 30.9 Å². The Labute approximate surface area is 190 Å². The molecule has 1 unspecified atom stereocenters. The molecule has 0 saturated heterocycles. The fourth-order valence-electron chi connectivity index (χ4n) is 4.60. The Kier molecular flexibility index (Phi) is 6.61. The average molecular weight is 442 g/mol. The Morgan fingerprint density at radius 1 is 1.10 bits per heavy atom. The molecule has 4 nitrogen and oxygen atoms in total. The van der Waals surface area contributed by atoms with Gasteiger partial charge in [0.25, 0.3) is 0 Å². The third-order valence-electron chi connectivity index (χ3n) is 6.49. The molecule has 2 aliphatic heterocycles. The molecule has 0 saturated carbocycles. The molecule has 0 fully saturated rings. The predicted octanol–water partition coefficient (Wildman–Crippen LogP) is 5.89. The molecule has 0 amide bonds. The first kappa shape index (κ1) is 22.2. The van der Waals surface area contributed by atoms with E-state index in [-0.39, 0.29) is 11.5 Å². The van der Waals surface area contributed by atoms with Crippen LogP contribution >= 0.6 is 11.6 Å². The fourth-order valence-corrected chi connectivity index (χ4v) is 4.73. The molecular formula is C26H32ClNO3. The van der Waals surface area contributed by atoms with E-state index >= 15 is 0 Å². The van der Waals surface area contributed by atoms with Crippen molar-refractivity contribution in [3.05, 3.63) is 64.2 Å². The normalized spacial score (nSPS) is 20.7. The largest absolute Gasteiger partial charge is 0.493 e. The van der Waals surface area contributed by atoms with E-state index in [0.29, 0.717) is 6.61 Å². The molecule has 0 radical (unpaired) electrons. The van der Waals surface area contributed by atoms with E-state index in [4.69, 9.17) is 25.8 Å². The molecule has 2 aromatic rings. The van der Waals surface area contributed by atoms with E-state index < -0.39 is 0 Å². The van der Waals surface area contributed by atoms with Gasteiger partial charge in [-0.2, -0.15) is 0 Å². The van der Waals surface area contributed by atoms with Crippen LogP contribution in [-0.4, -0.2) is 45.4 Å². The van der Waals surface area contributed by atoms with Gasteiger partial charge in [-0.15, -0.1) is 0 Å². The van der Waals surface area contributed by atoms with Crippen molar-refractivity contribution in [1.82, 2.24) is 4.90 Å². The first-order chi connectivity index (χ1) is 14.9. The monoisotopic (exact) mass is 441 g/mol. The Morgan fingerprint density at radius 3 is 2.45 bits per heavy atom. The highest BCUT2D eigenvalue weighted by molar-refractivity contribution is 6.30. The molecule has 0 spiro atoms. The van der Waals surface area contributed by atoms with Crippen molar-refractivity contribution in [2.75, 3.05) is 40.5 Å². The van der Waals surface area contributed by atoms with Crippen molar-refractivity contribution >= 4 is 17.2 Å². The Balaban J connectivity index is 1.44. The number of rotatable bonds is 6. The summed E-state index contributed by atoms with van der Waals surface area (Å²) in [7, 11) is 3.38. The zero-order valence-electron chi connectivity index (χ0n) is 18.9. The van der Waals surface area contributed by atoms with Gasteiger partial charge in [-0.05, 0) is 59.4 Å². The van der Waals surface area contributed by atoms with E-state index in [0.717, 1.165) is 49.0 Å². The molecule has 166 valence electrons. The van der Waals surface area contributed by atoms with Gasteiger partial charge < -0.3 is 14.2 Å². The van der Waals surface area contributed by atoms with Gasteiger partial charge in [0.15, 0.2) is 11.5 Å². The van der Waals surface area contributed by atoms with Crippen molar-refractivity contribution in [3.63, 3.8) is 0 Å². The Bertz CT molecular complexity index is 952. The van der Waals surface area contributed by atoms with E-state index in [1.54, 1.807) is 14.2 Å². The maximum atomic E-state index is 6.33. The van der Waals surface area contributed by atoms with Crippen molar-refractivity contribution in [2.24, 2.45) is 0 Å². The third kappa shape index (κ3) is 4.77. The molecule has 2 aromatic carbocycles. The molecular weight excluding hydrogens is 410 g/mol. The summed E-state index contributed by atoms with van der Waals surface area (Å²) in [4.78, 5) is 2.50. The number of ether oxygens (including phenoxy) is 3. The lowest BCUT2D eigenvalue weighted by atomic mass is 9.78. The quantitative estimate of drug-likeness (QED) is 0.559. The van der Waals surface area contributed by atoms with Gasteiger partial charge >= 0.3 is 0 Å². The highest BCUT2D eigenvalue weighted by Gasteiger charge is 2.35. The van der Waals surface area contributed by atoms with Crippen molar-refractivity contribution in [2.45, 2.75) is 38.2 Å². The summed E-state index contributed by atoms with van der Waals surface area (Å²) in [5.41, 5.74) is 5.16. The van der Waals surface area contributed by atoms with E-state index in [2.05, 4.69) is 49.1 Å². The Morgan fingerprint density at radius 2 is 1.81 bits per heavy atom. The molecule has 2 aliphatic rings. The minimum absolute atomic E-state index is 0.0489. The summed E-state index contributed by atoms with van der Waals surface area (Å²) in [6.07, 6.45) is 4.44. The second-order valence-corrected chi connectivity index (χ2v) is 9.49. The maximum absolute atomic E-state index is 6.33. The van der Waals surface area contributed by atoms with E-state index in [1.165, 1.54) is 22.3 Å². The highest BCUT2D eigenvalue weighted by Crippen LogP contribution is 2.44. The molecule has 5 heteroatoms. The van der Waals surface area contributed by atoms with Crippen LogP contribution in [0.4, 0.5) is 0 Å². The summed E-state index contributed by atoms with van der Waals surface area (Å²) < 4.78 is 17.5. The number of halogens is 1. The van der Waals surface area contributed by atoms with Crippen LogP contribution in [0.25, 0.3) is 5.57 Å². The van der Waals surface area contributed by atoms with Gasteiger partial charge in [0.05, 0.1) is 26.9 Å². The number of benzene rings is 2. The van der Waals surface area contributed by atoms with Crippen molar-refractivity contribution in [3.8, 4) is 11.5 Å². The number of hydrogen-bond donors (Lipinski definition) is 0. The highest BCUT2D eigenvalue weighted by atomic mass is 35.5. The van der Waals surface area contributed by atoms with Crippen LogP contribution in [0.15, 0.2) is 42.5 Å². The second kappa shape index (κ2) is 9.23. The van der Waals surface area contributed by atoms with Crippen LogP contribution in [-0.2, 0) is 10.2 Å². The lowest BCUT2D eigenvalue weighted by molar-refractivity contribution is -0.00285. The molecule has 4 rings (SSSR count). The SMILES string of the molecule is COc1cc2c(cc1OC)C(C)(C)COC2CCN1CC=C(c2ccc(Cl)cc2)CC1. The minimum Gasteiger partial charge on any atom is -0.493 e. The number of hydrogen-bond acceptors (Lipinski definition) is 4. The fraction of sp³-hybridized carbons (Fsp3) is 0.462. The summed E-state index contributed by atoms with van der Waals surface area (Å²) in [5.74, 6) is 1.55. The van der Waals surface area contributed by atoms with Crippen molar-refractivity contribution in [1.29, 1.82) is 0 Å². The molecule has 1 atom stereocenters. The zero-order valence-corrected chi connectivity index (χ0v) is 19.7. The van der Waals surface area contributed by atoms with Gasteiger partial charge in [0, 0.05) is 30.1 Å². The molecule has 31 heavy (non-hydrogen) atoms. The molecule has 0 aromatic heterocycles. The van der Waals surface area contributed by atoms with Gasteiger partial charge in [-0.1, -0.05) is 43.7 Å². The summed E-state index contributed by atoms with van der Waals surface area (Å²) in [6.45, 7) is 8.19. The molecule has 0 bridgehead atoms. The van der Waals surface area contributed by atoms with Gasteiger partial charge in [-0.25, -0.2) is 0 Å². The summed E-state index contributed by atoms with van der Waals surface area (Å²) in [6, 6.07) is 12.4. The van der Waals surface area contributed by atoms with Gasteiger partial charge in [0.2, 0.25) is 0 Å². The predicted molar refractivity (Wildman–Crippen MR) is 126 cm³/mol. The molecule has 2 heterocycles. The first-order valence-corrected chi connectivity index (χ1v) is 11.3. The molecule has 0 aliphatic carbocycles. The van der Waals surface area contributed by atoms with Crippen LogP contribution in [0.5, 0.6) is 11.5 Å². The zero-order chi connectivity index (χ0) is 22.0. The van der Waals surface area contributed by atoms with Crippen LogP contribution in [0.2, 0.25) is 5.02 Å². The lowest BCUT2D eigenvalue weighted by Crippen LogP contribution is -2.35. The van der Waals surface area contributed by atoms with E-state index in [9.17, 15) is 0 Å². The van der Waals surface area contributed by atoms with Crippen LogP contribution in [0, 0.1) is 0 Å². The van der Waals surface area contributed by atoms with Crippen LogP contribution < -0.4 is 9.47 Å². The first-order valence-electron chi connectivity index (χ1n) is 11.0. The van der Waals surface area contributed by atoms with E-state index in [1.807, 2.05) is 12.1 Å². The smallest absolute Gasteiger partial charge is 0.161 e. The minimum atomic E-state index is -0.0489. The summed E-state index contributed by atoms with van der Waals surface area (Å²) in [5, 5.41) is 0.784. The van der Waals surface area contributed by atoms with Gasteiger partial charge in [-0.3, -0.25) is 4.90 Å². The second-order valence-electron chi connectivity index (χ2n) is 9.05. The van der Waals surface area contributed by atoms with Crippen molar-refractivity contribution < 1.29 is 14.2 Å². The lowest BCUT2D eigenvalue weighted by Gasteiger charge is -2.38. The maximum Gasteiger partial charge on any atom is 0.161 e. The van der Waals surface area contributed by atoms with Crippen LogP contribution in [0.3, 0.4) is 0 Å². The average Bonchev–Trinajstić information content (AvgIpc) is 2.78. The Hall–Kier alpha value is -2.01. The molecule has 0 N–H and O–H groups in total. The standard InChI is InChI=1S/C26H32ClNO3/c1-26(2)17-31-23(21-15-24(29-3)25(30-4)16-22(21)26)11-14-28-12-9-19(10-13-28)18-5-7-20(27)8-6-18/h5-9,15-16,23H,10-14,17H2,1-4H3.